The standard InChI is InChI=1S/C16H23N5O3/c1-11-6-14(19-24-11)18-15(22)9-21-5-4-13(8-21)20(3)10-16-17-7-12(2)23-16/h6-7,13H,4-5,8-10H2,1-3H3,(H,18,19,22). The highest BCUT2D eigenvalue weighted by Crippen LogP contribution is 2.17. The highest BCUT2D eigenvalue weighted by atomic mass is 16.5. The predicted octanol–water partition coefficient (Wildman–Crippen LogP) is 1.42. The van der Waals surface area contributed by atoms with Crippen LogP contribution in [-0.4, -0.2) is 58.6 Å². The summed E-state index contributed by atoms with van der Waals surface area (Å²) in [6.07, 6.45) is 2.76. The van der Waals surface area contributed by atoms with Crippen molar-refractivity contribution < 1.29 is 13.7 Å². The molecule has 1 aliphatic rings. The van der Waals surface area contributed by atoms with E-state index in [1.54, 1.807) is 19.2 Å². The van der Waals surface area contributed by atoms with Gasteiger partial charge in [-0.2, -0.15) is 0 Å². The monoisotopic (exact) mass is 333 g/mol. The van der Waals surface area contributed by atoms with Crippen LogP contribution in [0.1, 0.15) is 23.8 Å². The molecule has 0 spiro atoms. The van der Waals surface area contributed by atoms with Gasteiger partial charge in [0.05, 0.1) is 19.3 Å². The minimum atomic E-state index is -0.0741. The van der Waals surface area contributed by atoms with Crippen molar-refractivity contribution in [2.75, 3.05) is 32.0 Å². The first kappa shape index (κ1) is 16.7. The van der Waals surface area contributed by atoms with E-state index in [-0.39, 0.29) is 5.91 Å². The maximum Gasteiger partial charge on any atom is 0.239 e. The first-order valence-electron chi connectivity index (χ1n) is 8.06. The average Bonchev–Trinajstić information content (AvgIpc) is 3.22. The lowest BCUT2D eigenvalue weighted by atomic mass is 10.2. The smallest absolute Gasteiger partial charge is 0.239 e. The number of aromatic nitrogens is 2. The number of nitrogens with one attached hydrogen (secondary N) is 1. The first-order valence-corrected chi connectivity index (χ1v) is 8.06. The molecule has 8 nitrogen and oxygen atoms in total. The van der Waals surface area contributed by atoms with Crippen molar-refractivity contribution in [3.63, 3.8) is 0 Å². The number of aryl methyl sites for hydroxylation is 2. The van der Waals surface area contributed by atoms with E-state index < -0.39 is 0 Å². The molecule has 0 saturated carbocycles. The number of likely N-dealkylation sites (tertiary alicyclic amines) is 1. The summed E-state index contributed by atoms with van der Waals surface area (Å²) in [5, 5.41) is 6.52. The Morgan fingerprint density at radius 1 is 1.46 bits per heavy atom. The summed E-state index contributed by atoms with van der Waals surface area (Å²) >= 11 is 0. The van der Waals surface area contributed by atoms with E-state index in [1.807, 2.05) is 6.92 Å². The summed E-state index contributed by atoms with van der Waals surface area (Å²) in [4.78, 5) is 20.7. The molecule has 0 bridgehead atoms. The third-order valence-corrected chi connectivity index (χ3v) is 4.19. The summed E-state index contributed by atoms with van der Waals surface area (Å²) in [6, 6.07) is 2.09. The van der Waals surface area contributed by atoms with Crippen LogP contribution in [0.2, 0.25) is 0 Å². The van der Waals surface area contributed by atoms with Gasteiger partial charge in [-0.1, -0.05) is 5.16 Å². The molecule has 2 aromatic heterocycles. The third-order valence-electron chi connectivity index (χ3n) is 4.19. The molecule has 130 valence electrons. The molecule has 3 heterocycles. The first-order chi connectivity index (χ1) is 11.5. The van der Waals surface area contributed by atoms with Crippen molar-refractivity contribution in [1.82, 2.24) is 19.9 Å². The molecule has 1 saturated heterocycles. The van der Waals surface area contributed by atoms with Crippen molar-refractivity contribution in [2.24, 2.45) is 0 Å². The second kappa shape index (κ2) is 7.14. The van der Waals surface area contributed by atoms with Gasteiger partial charge in [0, 0.05) is 25.2 Å². The van der Waals surface area contributed by atoms with Gasteiger partial charge in [0.25, 0.3) is 0 Å². The molecule has 1 aliphatic heterocycles. The number of amides is 1. The Bertz CT molecular complexity index is 695. The molecular weight excluding hydrogens is 310 g/mol. The topological polar surface area (TPSA) is 87.6 Å². The van der Waals surface area contributed by atoms with E-state index in [0.29, 0.717) is 30.7 Å². The Balaban J connectivity index is 1.45. The molecule has 2 aromatic rings. The number of anilines is 1. The van der Waals surface area contributed by atoms with Gasteiger partial charge in [0.15, 0.2) is 5.82 Å². The molecule has 1 unspecified atom stereocenters. The van der Waals surface area contributed by atoms with Crippen LogP contribution in [0.3, 0.4) is 0 Å². The van der Waals surface area contributed by atoms with Gasteiger partial charge in [-0.05, 0) is 27.3 Å². The number of oxazole rings is 1. The van der Waals surface area contributed by atoms with Gasteiger partial charge in [0.1, 0.15) is 11.5 Å². The quantitative estimate of drug-likeness (QED) is 0.855. The van der Waals surface area contributed by atoms with Crippen LogP contribution in [0.4, 0.5) is 5.82 Å². The summed E-state index contributed by atoms with van der Waals surface area (Å²) < 4.78 is 10.5. The van der Waals surface area contributed by atoms with Crippen LogP contribution in [0, 0.1) is 13.8 Å². The molecule has 0 radical (unpaired) electrons. The summed E-state index contributed by atoms with van der Waals surface area (Å²) in [5.41, 5.74) is 0. The zero-order valence-corrected chi connectivity index (χ0v) is 14.3. The average molecular weight is 333 g/mol. The van der Waals surface area contributed by atoms with Gasteiger partial charge in [0.2, 0.25) is 11.8 Å². The third kappa shape index (κ3) is 4.21. The van der Waals surface area contributed by atoms with Crippen LogP contribution in [0.15, 0.2) is 21.2 Å². The molecular formula is C16H23N5O3. The number of rotatable bonds is 6. The fourth-order valence-electron chi connectivity index (χ4n) is 2.94. The number of nitrogens with zero attached hydrogens (tertiary/aromatic N) is 4. The summed E-state index contributed by atoms with van der Waals surface area (Å²) in [5.74, 6) is 2.62. The summed E-state index contributed by atoms with van der Waals surface area (Å²) in [7, 11) is 2.06. The molecule has 24 heavy (non-hydrogen) atoms. The molecule has 1 atom stereocenters. The number of carbonyl (C=O) groups is 1. The van der Waals surface area contributed by atoms with Crippen molar-refractivity contribution >= 4 is 11.7 Å². The molecule has 0 aliphatic carbocycles. The van der Waals surface area contributed by atoms with Gasteiger partial charge in [-0.15, -0.1) is 0 Å². The fraction of sp³-hybridized carbons (Fsp3) is 0.562. The van der Waals surface area contributed by atoms with Crippen LogP contribution >= 0.6 is 0 Å². The highest BCUT2D eigenvalue weighted by molar-refractivity contribution is 5.91. The van der Waals surface area contributed by atoms with Crippen LogP contribution < -0.4 is 5.32 Å². The Kier molecular flexibility index (Phi) is 4.96. The second-order valence-electron chi connectivity index (χ2n) is 6.33. The predicted molar refractivity (Wildman–Crippen MR) is 87.4 cm³/mol. The number of likely N-dealkylation sites (N-methyl/N-ethyl adjacent to an activating group) is 1. The number of carbonyl (C=O) groups excluding carboxylic acids is 1. The van der Waals surface area contributed by atoms with E-state index in [9.17, 15) is 4.79 Å². The van der Waals surface area contributed by atoms with Gasteiger partial charge >= 0.3 is 0 Å². The number of hydrogen-bond donors (Lipinski definition) is 1. The Morgan fingerprint density at radius 3 is 2.96 bits per heavy atom. The van der Waals surface area contributed by atoms with Crippen molar-refractivity contribution in [1.29, 1.82) is 0 Å². The van der Waals surface area contributed by atoms with Crippen LogP contribution in [-0.2, 0) is 11.3 Å². The Labute approximate surface area is 140 Å². The Hall–Kier alpha value is -2.19. The molecule has 1 N–H and O–H groups in total. The Morgan fingerprint density at radius 2 is 2.29 bits per heavy atom. The van der Waals surface area contributed by atoms with Crippen LogP contribution in [0.25, 0.3) is 0 Å². The SMILES string of the molecule is Cc1cc(NC(=O)CN2CCC(N(C)Cc3ncc(C)o3)C2)no1. The molecule has 8 heteroatoms. The van der Waals surface area contributed by atoms with Crippen molar-refractivity contribution in [3.05, 3.63) is 29.7 Å². The van der Waals surface area contributed by atoms with E-state index in [0.717, 1.165) is 31.2 Å². The maximum absolute atomic E-state index is 12.1. The lowest BCUT2D eigenvalue weighted by Gasteiger charge is -2.23. The zero-order chi connectivity index (χ0) is 17.1. The van der Waals surface area contributed by atoms with Gasteiger partial charge in [-0.3, -0.25) is 14.6 Å². The van der Waals surface area contributed by atoms with E-state index in [2.05, 4.69) is 32.3 Å². The molecule has 0 aromatic carbocycles. The van der Waals surface area contributed by atoms with Crippen molar-refractivity contribution in [2.45, 2.75) is 32.9 Å². The lowest BCUT2D eigenvalue weighted by molar-refractivity contribution is -0.117. The highest BCUT2D eigenvalue weighted by Gasteiger charge is 2.27. The minimum Gasteiger partial charge on any atom is -0.445 e. The fourth-order valence-corrected chi connectivity index (χ4v) is 2.94. The lowest BCUT2D eigenvalue weighted by Crippen LogP contribution is -2.37. The van der Waals surface area contributed by atoms with E-state index >= 15 is 0 Å². The normalized spacial score (nSPS) is 18.4. The molecule has 1 amide bonds. The van der Waals surface area contributed by atoms with Crippen LogP contribution in [0.5, 0.6) is 0 Å². The second-order valence-corrected chi connectivity index (χ2v) is 6.33. The van der Waals surface area contributed by atoms with E-state index in [1.165, 1.54) is 0 Å². The summed E-state index contributed by atoms with van der Waals surface area (Å²) in [6.45, 7) is 6.46. The largest absolute Gasteiger partial charge is 0.445 e. The zero-order valence-electron chi connectivity index (χ0n) is 14.3. The van der Waals surface area contributed by atoms with E-state index in [4.69, 9.17) is 8.94 Å². The van der Waals surface area contributed by atoms with Gasteiger partial charge in [-0.25, -0.2) is 4.98 Å². The van der Waals surface area contributed by atoms with Gasteiger partial charge < -0.3 is 14.3 Å². The number of hydrogen-bond acceptors (Lipinski definition) is 7. The maximum atomic E-state index is 12.1. The molecule has 3 rings (SSSR count). The minimum absolute atomic E-state index is 0.0741. The molecule has 1 fully saturated rings. The van der Waals surface area contributed by atoms with Crippen molar-refractivity contribution in [3.8, 4) is 0 Å².